The SMILES string of the molecule is O=[N+]([O-])c1cc2c(cc1Oc1cccnc1F)C(OPCc1ccccc1)CCO2. The molecule has 4 rings (SSSR count). The Hall–Kier alpha value is -3.09. The third kappa shape index (κ3) is 4.56. The molecule has 1 aliphatic heterocycles. The van der Waals surface area contributed by atoms with Crippen molar-refractivity contribution in [3.63, 3.8) is 0 Å². The first-order valence-corrected chi connectivity index (χ1v) is 10.4. The number of benzene rings is 2. The number of nitrogens with zero attached hydrogens (tertiary/aromatic N) is 2. The van der Waals surface area contributed by atoms with Crippen LogP contribution < -0.4 is 9.47 Å². The first-order chi connectivity index (χ1) is 14.6. The van der Waals surface area contributed by atoms with Gasteiger partial charge in [0.15, 0.2) is 5.75 Å². The predicted molar refractivity (Wildman–Crippen MR) is 110 cm³/mol. The van der Waals surface area contributed by atoms with Gasteiger partial charge in [-0.3, -0.25) is 10.1 Å². The molecule has 7 nitrogen and oxygen atoms in total. The van der Waals surface area contributed by atoms with Crippen LogP contribution in [0.25, 0.3) is 0 Å². The molecule has 0 amide bonds. The summed E-state index contributed by atoms with van der Waals surface area (Å²) in [6.07, 6.45) is 2.35. The van der Waals surface area contributed by atoms with Gasteiger partial charge in [-0.15, -0.1) is 0 Å². The van der Waals surface area contributed by atoms with Crippen molar-refractivity contribution in [2.45, 2.75) is 18.7 Å². The highest BCUT2D eigenvalue weighted by Crippen LogP contribution is 2.45. The molecule has 0 aliphatic carbocycles. The Kier molecular flexibility index (Phi) is 6.16. The van der Waals surface area contributed by atoms with Crippen LogP contribution in [0.1, 0.15) is 23.7 Å². The summed E-state index contributed by atoms with van der Waals surface area (Å²) in [6, 6.07) is 15.6. The predicted octanol–water partition coefficient (Wildman–Crippen LogP) is 5.56. The topological polar surface area (TPSA) is 83.7 Å². The van der Waals surface area contributed by atoms with Gasteiger partial charge in [0.25, 0.3) is 5.95 Å². The number of nitro groups is 1. The third-order valence-electron chi connectivity index (χ3n) is 4.56. The van der Waals surface area contributed by atoms with Gasteiger partial charge in [-0.05, 0) is 23.8 Å². The Labute approximate surface area is 173 Å². The maximum absolute atomic E-state index is 13.9. The highest BCUT2D eigenvalue weighted by molar-refractivity contribution is 7.31. The van der Waals surface area contributed by atoms with Crippen molar-refractivity contribution in [2.75, 3.05) is 6.61 Å². The van der Waals surface area contributed by atoms with Gasteiger partial charge in [0.2, 0.25) is 5.75 Å². The number of halogens is 1. The molecular formula is C21H18FN2O5P. The minimum absolute atomic E-state index is 0.0869. The lowest BCUT2D eigenvalue weighted by molar-refractivity contribution is -0.385. The molecule has 9 heteroatoms. The molecule has 1 aliphatic rings. The molecule has 0 N–H and O–H groups in total. The smallest absolute Gasteiger partial charge is 0.315 e. The summed E-state index contributed by atoms with van der Waals surface area (Å²) in [5.41, 5.74) is 1.50. The van der Waals surface area contributed by atoms with E-state index < -0.39 is 10.9 Å². The fourth-order valence-electron chi connectivity index (χ4n) is 3.11. The van der Waals surface area contributed by atoms with Crippen molar-refractivity contribution in [2.24, 2.45) is 0 Å². The van der Waals surface area contributed by atoms with Crippen molar-refractivity contribution < 1.29 is 23.3 Å². The highest BCUT2D eigenvalue weighted by atomic mass is 31.1. The Morgan fingerprint density at radius 1 is 1.20 bits per heavy atom. The van der Waals surface area contributed by atoms with Gasteiger partial charge in [0.05, 0.1) is 23.7 Å². The van der Waals surface area contributed by atoms with Crippen molar-refractivity contribution in [3.05, 3.63) is 88.0 Å². The first-order valence-electron chi connectivity index (χ1n) is 9.28. The van der Waals surface area contributed by atoms with E-state index in [1.54, 1.807) is 0 Å². The van der Waals surface area contributed by atoms with Crippen LogP contribution in [0, 0.1) is 16.1 Å². The Balaban J connectivity index is 1.58. The molecule has 0 spiro atoms. The zero-order chi connectivity index (χ0) is 20.9. The van der Waals surface area contributed by atoms with E-state index in [0.717, 1.165) is 6.16 Å². The number of fused-ring (bicyclic) bond motifs is 1. The first kappa shape index (κ1) is 20.2. The number of nitro benzene ring substituents is 1. The molecule has 2 unspecified atom stereocenters. The van der Waals surface area contributed by atoms with E-state index in [1.807, 2.05) is 30.3 Å². The van der Waals surface area contributed by atoms with Crippen molar-refractivity contribution in [3.8, 4) is 17.2 Å². The van der Waals surface area contributed by atoms with Crippen LogP contribution in [-0.2, 0) is 10.7 Å². The van der Waals surface area contributed by atoms with Crippen LogP contribution in [0.2, 0.25) is 0 Å². The van der Waals surface area contributed by atoms with Gasteiger partial charge in [0.1, 0.15) is 5.75 Å². The quantitative estimate of drug-likeness (QED) is 0.212. The van der Waals surface area contributed by atoms with Gasteiger partial charge >= 0.3 is 5.69 Å². The van der Waals surface area contributed by atoms with Crippen LogP contribution >= 0.6 is 8.81 Å². The van der Waals surface area contributed by atoms with Crippen LogP contribution in [0.5, 0.6) is 17.2 Å². The van der Waals surface area contributed by atoms with Gasteiger partial charge < -0.3 is 14.0 Å². The Morgan fingerprint density at radius 3 is 2.80 bits per heavy atom. The number of aromatic nitrogens is 1. The number of rotatable bonds is 7. The maximum Gasteiger partial charge on any atom is 0.315 e. The molecule has 30 heavy (non-hydrogen) atoms. The van der Waals surface area contributed by atoms with Crippen molar-refractivity contribution >= 4 is 14.5 Å². The average molecular weight is 428 g/mol. The molecule has 0 saturated carbocycles. The van der Waals surface area contributed by atoms with Gasteiger partial charge in [-0.2, -0.15) is 4.39 Å². The lowest BCUT2D eigenvalue weighted by atomic mass is 10.0. The van der Waals surface area contributed by atoms with Gasteiger partial charge in [0, 0.05) is 33.2 Å². The van der Waals surface area contributed by atoms with Crippen LogP contribution in [0.4, 0.5) is 10.1 Å². The molecule has 0 saturated heterocycles. The minimum Gasteiger partial charge on any atom is -0.493 e. The standard InChI is InChI=1S/C21H18FN2O5P/c22-21-18(7-4-9-23-21)28-20-11-15-17(29-30-13-14-5-2-1-3-6-14)8-10-27-19(15)12-16(20)24(25)26/h1-7,9,11-12,17,30H,8,10,13H2. The van der Waals surface area contributed by atoms with Crippen molar-refractivity contribution in [1.82, 2.24) is 4.98 Å². The molecule has 2 aromatic carbocycles. The van der Waals surface area contributed by atoms with E-state index >= 15 is 0 Å². The van der Waals surface area contributed by atoms with Crippen LogP contribution in [0.3, 0.4) is 0 Å². The lowest BCUT2D eigenvalue weighted by Crippen LogP contribution is -2.15. The number of hydrogen-bond acceptors (Lipinski definition) is 6. The van der Waals surface area contributed by atoms with E-state index in [-0.39, 0.29) is 32.1 Å². The van der Waals surface area contributed by atoms with E-state index in [9.17, 15) is 14.5 Å². The molecular weight excluding hydrogens is 410 g/mol. The number of ether oxygens (including phenoxy) is 2. The van der Waals surface area contributed by atoms with E-state index in [2.05, 4.69) is 4.98 Å². The summed E-state index contributed by atoms with van der Waals surface area (Å²) in [6.45, 7) is 0.391. The molecule has 1 aromatic heterocycles. The third-order valence-corrected chi connectivity index (χ3v) is 5.57. The minimum atomic E-state index is -0.849. The van der Waals surface area contributed by atoms with Gasteiger partial charge in [-0.1, -0.05) is 30.3 Å². The molecule has 0 bridgehead atoms. The number of hydrogen-bond donors (Lipinski definition) is 0. The molecule has 2 atom stereocenters. The Morgan fingerprint density at radius 2 is 2.03 bits per heavy atom. The summed E-state index contributed by atoms with van der Waals surface area (Å²) < 4.78 is 31.1. The molecule has 0 fully saturated rings. The van der Waals surface area contributed by atoms with Gasteiger partial charge in [-0.25, -0.2) is 4.98 Å². The zero-order valence-electron chi connectivity index (χ0n) is 15.8. The van der Waals surface area contributed by atoms with E-state index in [0.29, 0.717) is 24.3 Å². The zero-order valence-corrected chi connectivity index (χ0v) is 16.8. The Bertz CT molecular complexity index is 1050. The van der Waals surface area contributed by atoms with E-state index in [4.69, 9.17) is 14.0 Å². The van der Waals surface area contributed by atoms with E-state index in [1.165, 1.54) is 36.0 Å². The molecule has 154 valence electrons. The van der Waals surface area contributed by atoms with Crippen LogP contribution in [0.15, 0.2) is 60.8 Å². The summed E-state index contributed by atoms with van der Waals surface area (Å²) in [7, 11) is 0.213. The highest BCUT2D eigenvalue weighted by Gasteiger charge is 2.29. The second-order valence-corrected chi connectivity index (χ2v) is 7.44. The largest absolute Gasteiger partial charge is 0.493 e. The lowest BCUT2D eigenvalue weighted by Gasteiger charge is -2.26. The molecule has 3 aromatic rings. The second-order valence-electron chi connectivity index (χ2n) is 6.56. The average Bonchev–Trinajstić information content (AvgIpc) is 2.76. The maximum atomic E-state index is 13.9. The summed E-state index contributed by atoms with van der Waals surface area (Å²) in [5.74, 6) is -0.753. The fraction of sp³-hybridized carbons (Fsp3) is 0.190. The summed E-state index contributed by atoms with van der Waals surface area (Å²) in [4.78, 5) is 14.4. The van der Waals surface area contributed by atoms with Crippen molar-refractivity contribution in [1.29, 1.82) is 0 Å². The normalized spacial score (nSPS) is 15.6. The summed E-state index contributed by atoms with van der Waals surface area (Å²) >= 11 is 0. The molecule has 0 radical (unpaired) electrons. The second kappa shape index (κ2) is 9.15. The number of pyridine rings is 1. The monoisotopic (exact) mass is 428 g/mol. The van der Waals surface area contributed by atoms with Crippen LogP contribution in [-0.4, -0.2) is 16.5 Å². The molecule has 2 heterocycles. The fourth-order valence-corrected chi connectivity index (χ4v) is 4.04. The summed E-state index contributed by atoms with van der Waals surface area (Å²) in [5, 5.41) is 11.5.